The third kappa shape index (κ3) is 5.58. The number of carbonyl (C=O) groups excluding carboxylic acids is 2. The number of aryl methyl sites for hydroxylation is 2. The maximum Gasteiger partial charge on any atom is 0.310 e. The van der Waals surface area contributed by atoms with E-state index in [-0.39, 0.29) is 17.8 Å². The molecule has 4 nitrogen and oxygen atoms in total. The molecule has 1 aromatic rings. The van der Waals surface area contributed by atoms with Gasteiger partial charge >= 0.3 is 5.97 Å². The molecule has 21 heavy (non-hydrogen) atoms. The van der Waals surface area contributed by atoms with Crippen LogP contribution in [-0.4, -0.2) is 37.0 Å². The summed E-state index contributed by atoms with van der Waals surface area (Å²) >= 11 is 0. The molecule has 1 rings (SSSR count). The molecule has 0 heterocycles. The molecule has 0 spiro atoms. The number of rotatable bonds is 7. The van der Waals surface area contributed by atoms with Crippen LogP contribution in [0.1, 0.15) is 31.4 Å². The first kappa shape index (κ1) is 17.2. The highest BCUT2D eigenvalue weighted by atomic mass is 16.5. The van der Waals surface area contributed by atoms with Gasteiger partial charge in [-0.1, -0.05) is 36.8 Å². The Balaban J connectivity index is 2.51. The zero-order valence-electron chi connectivity index (χ0n) is 13.4. The Morgan fingerprint density at radius 3 is 2.38 bits per heavy atom. The normalized spacial score (nSPS) is 11.8. The summed E-state index contributed by atoms with van der Waals surface area (Å²) in [6.45, 7) is 6.77. The highest BCUT2D eigenvalue weighted by Crippen LogP contribution is 2.09. The molecule has 1 aromatic carbocycles. The fourth-order valence-corrected chi connectivity index (χ4v) is 2.18. The Kier molecular flexibility index (Phi) is 6.92. The first-order chi connectivity index (χ1) is 9.97. The summed E-state index contributed by atoms with van der Waals surface area (Å²) in [5.41, 5.74) is 2.37. The van der Waals surface area contributed by atoms with E-state index in [2.05, 4.69) is 24.3 Å². The van der Waals surface area contributed by atoms with E-state index in [0.29, 0.717) is 19.5 Å². The van der Waals surface area contributed by atoms with E-state index in [0.717, 1.165) is 12.0 Å². The molecule has 0 fully saturated rings. The number of methoxy groups -OCH3 is 1. The topological polar surface area (TPSA) is 46.6 Å². The number of hydrogen-bond acceptors (Lipinski definition) is 3. The van der Waals surface area contributed by atoms with Crippen LogP contribution < -0.4 is 0 Å². The van der Waals surface area contributed by atoms with Crippen molar-refractivity contribution in [1.82, 2.24) is 4.90 Å². The maximum absolute atomic E-state index is 12.2. The van der Waals surface area contributed by atoms with Gasteiger partial charge in [0.25, 0.3) is 0 Å². The van der Waals surface area contributed by atoms with Crippen LogP contribution in [0.5, 0.6) is 0 Å². The van der Waals surface area contributed by atoms with Crippen molar-refractivity contribution in [3.8, 4) is 0 Å². The van der Waals surface area contributed by atoms with Gasteiger partial charge in [-0.25, -0.2) is 0 Å². The number of amides is 1. The summed E-state index contributed by atoms with van der Waals surface area (Å²) in [5.74, 6) is -0.494. The van der Waals surface area contributed by atoms with E-state index in [1.807, 2.05) is 13.8 Å². The van der Waals surface area contributed by atoms with Crippen molar-refractivity contribution in [3.63, 3.8) is 0 Å². The third-order valence-corrected chi connectivity index (χ3v) is 3.58. The van der Waals surface area contributed by atoms with Crippen molar-refractivity contribution in [3.05, 3.63) is 35.4 Å². The van der Waals surface area contributed by atoms with E-state index in [4.69, 9.17) is 4.74 Å². The number of esters is 1. The van der Waals surface area contributed by atoms with Gasteiger partial charge in [-0.2, -0.15) is 0 Å². The van der Waals surface area contributed by atoms with E-state index in [1.54, 1.807) is 11.8 Å². The van der Waals surface area contributed by atoms with Crippen molar-refractivity contribution >= 4 is 11.9 Å². The van der Waals surface area contributed by atoms with Gasteiger partial charge in [-0.15, -0.1) is 0 Å². The average Bonchev–Trinajstić information content (AvgIpc) is 2.50. The smallest absolute Gasteiger partial charge is 0.310 e. The second kappa shape index (κ2) is 8.45. The summed E-state index contributed by atoms with van der Waals surface area (Å²) in [5, 5.41) is 0. The fraction of sp³-hybridized carbons (Fsp3) is 0.529. The molecule has 0 saturated heterocycles. The lowest BCUT2D eigenvalue weighted by Crippen LogP contribution is -2.37. The molecule has 0 N–H and O–H groups in total. The van der Waals surface area contributed by atoms with Gasteiger partial charge in [0.1, 0.15) is 0 Å². The Morgan fingerprint density at radius 2 is 1.86 bits per heavy atom. The van der Waals surface area contributed by atoms with Crippen LogP contribution in [0, 0.1) is 12.8 Å². The molecular weight excluding hydrogens is 266 g/mol. The van der Waals surface area contributed by atoms with Crippen LogP contribution >= 0.6 is 0 Å². The first-order valence-electron chi connectivity index (χ1n) is 7.39. The van der Waals surface area contributed by atoms with Gasteiger partial charge in [0.15, 0.2) is 0 Å². The summed E-state index contributed by atoms with van der Waals surface area (Å²) in [7, 11) is 1.37. The second-order valence-electron chi connectivity index (χ2n) is 5.34. The van der Waals surface area contributed by atoms with E-state index >= 15 is 0 Å². The summed E-state index contributed by atoms with van der Waals surface area (Å²) in [4.78, 5) is 25.4. The van der Waals surface area contributed by atoms with Gasteiger partial charge in [0.2, 0.25) is 5.91 Å². The third-order valence-electron chi connectivity index (χ3n) is 3.58. The highest BCUT2D eigenvalue weighted by molar-refractivity contribution is 5.78. The molecule has 0 aliphatic heterocycles. The minimum absolute atomic E-state index is 0.0776. The number of hydrogen-bond donors (Lipinski definition) is 0. The molecule has 1 unspecified atom stereocenters. The Bertz CT molecular complexity index is 467. The standard InChI is InChI=1S/C17H25NO3/c1-5-18(12-14(3)17(20)21-4)16(19)11-10-15-8-6-13(2)7-9-15/h6-9,14H,5,10-12H2,1-4H3. The number of benzene rings is 1. The SMILES string of the molecule is CCN(CC(C)C(=O)OC)C(=O)CCc1ccc(C)cc1. The van der Waals surface area contributed by atoms with Crippen LogP contribution in [0.25, 0.3) is 0 Å². The maximum atomic E-state index is 12.2. The molecular formula is C17H25NO3. The predicted molar refractivity (Wildman–Crippen MR) is 82.9 cm³/mol. The Labute approximate surface area is 127 Å². The van der Waals surface area contributed by atoms with Gasteiger partial charge in [-0.05, 0) is 25.8 Å². The van der Waals surface area contributed by atoms with Gasteiger partial charge in [-0.3, -0.25) is 9.59 Å². The van der Waals surface area contributed by atoms with E-state index in [9.17, 15) is 9.59 Å². The number of carbonyl (C=O) groups is 2. The van der Waals surface area contributed by atoms with Crippen molar-refractivity contribution in [1.29, 1.82) is 0 Å². The van der Waals surface area contributed by atoms with Gasteiger partial charge < -0.3 is 9.64 Å². The summed E-state index contributed by atoms with van der Waals surface area (Å²) in [6.07, 6.45) is 1.19. The van der Waals surface area contributed by atoms with Crippen molar-refractivity contribution in [2.45, 2.75) is 33.6 Å². The second-order valence-corrected chi connectivity index (χ2v) is 5.34. The number of ether oxygens (including phenoxy) is 1. The lowest BCUT2D eigenvalue weighted by atomic mass is 10.1. The average molecular weight is 291 g/mol. The molecule has 0 saturated carbocycles. The molecule has 0 aliphatic carbocycles. The molecule has 0 radical (unpaired) electrons. The minimum Gasteiger partial charge on any atom is -0.469 e. The highest BCUT2D eigenvalue weighted by Gasteiger charge is 2.20. The van der Waals surface area contributed by atoms with Gasteiger partial charge in [0, 0.05) is 19.5 Å². The van der Waals surface area contributed by atoms with Crippen LogP contribution in [-0.2, 0) is 20.7 Å². The monoisotopic (exact) mass is 291 g/mol. The predicted octanol–water partition coefficient (Wildman–Crippen LogP) is 2.59. The minimum atomic E-state index is -0.293. The lowest BCUT2D eigenvalue weighted by molar-refractivity contribution is -0.146. The van der Waals surface area contributed by atoms with Crippen LogP contribution in [0.15, 0.2) is 24.3 Å². The molecule has 116 valence electrons. The molecule has 0 bridgehead atoms. The molecule has 1 atom stereocenters. The van der Waals surface area contributed by atoms with Crippen LogP contribution in [0.2, 0.25) is 0 Å². The van der Waals surface area contributed by atoms with Gasteiger partial charge in [0.05, 0.1) is 13.0 Å². The van der Waals surface area contributed by atoms with Crippen molar-refractivity contribution < 1.29 is 14.3 Å². The zero-order chi connectivity index (χ0) is 15.8. The Hall–Kier alpha value is -1.84. The molecule has 1 amide bonds. The van der Waals surface area contributed by atoms with E-state index < -0.39 is 0 Å². The zero-order valence-corrected chi connectivity index (χ0v) is 13.4. The lowest BCUT2D eigenvalue weighted by Gasteiger charge is -2.23. The molecule has 0 aromatic heterocycles. The summed E-state index contributed by atoms with van der Waals surface area (Å²) in [6, 6.07) is 8.21. The first-order valence-corrected chi connectivity index (χ1v) is 7.39. The van der Waals surface area contributed by atoms with Crippen LogP contribution in [0.4, 0.5) is 0 Å². The van der Waals surface area contributed by atoms with Crippen molar-refractivity contribution in [2.24, 2.45) is 5.92 Å². The molecule has 0 aliphatic rings. The summed E-state index contributed by atoms with van der Waals surface area (Å²) < 4.78 is 4.70. The fourth-order valence-electron chi connectivity index (χ4n) is 2.18. The quantitative estimate of drug-likeness (QED) is 0.725. The van der Waals surface area contributed by atoms with Crippen molar-refractivity contribution in [2.75, 3.05) is 20.2 Å². The largest absolute Gasteiger partial charge is 0.469 e. The number of nitrogens with zero attached hydrogens (tertiary/aromatic N) is 1. The van der Waals surface area contributed by atoms with E-state index in [1.165, 1.54) is 12.7 Å². The molecule has 4 heteroatoms. The Morgan fingerprint density at radius 1 is 1.24 bits per heavy atom. The van der Waals surface area contributed by atoms with Crippen LogP contribution in [0.3, 0.4) is 0 Å².